The van der Waals surface area contributed by atoms with Gasteiger partial charge in [-0.15, -0.1) is 0 Å². The molecule has 0 radical (unpaired) electrons. The van der Waals surface area contributed by atoms with Gasteiger partial charge in [0, 0.05) is 25.2 Å². The second-order valence-electron chi connectivity index (χ2n) is 7.69. The molecular weight excluding hydrogens is 340 g/mol. The Morgan fingerprint density at radius 2 is 1.92 bits per heavy atom. The Morgan fingerprint density at radius 3 is 2.42 bits per heavy atom. The highest BCUT2D eigenvalue weighted by molar-refractivity contribution is 5.77. The predicted molar refractivity (Wildman–Crippen MR) is 93.9 cm³/mol. The van der Waals surface area contributed by atoms with Crippen molar-refractivity contribution in [3.63, 3.8) is 0 Å². The lowest BCUT2D eigenvalue weighted by molar-refractivity contribution is -0.384. The number of amides is 1. The number of piperidine rings is 1. The Labute approximate surface area is 151 Å². The van der Waals surface area contributed by atoms with Gasteiger partial charge in [0.15, 0.2) is 0 Å². The molecule has 1 aromatic carbocycles. The van der Waals surface area contributed by atoms with Gasteiger partial charge in [-0.2, -0.15) is 0 Å². The molecule has 1 aromatic rings. The summed E-state index contributed by atoms with van der Waals surface area (Å²) in [6.45, 7) is 5.78. The number of rotatable bonds is 4. The molecule has 0 spiro atoms. The van der Waals surface area contributed by atoms with Crippen LogP contribution in [0, 0.1) is 15.5 Å². The van der Waals surface area contributed by atoms with Crippen molar-refractivity contribution >= 4 is 17.7 Å². The first kappa shape index (κ1) is 19.7. The lowest BCUT2D eigenvalue weighted by Gasteiger charge is -2.40. The molecule has 1 N–H and O–H groups in total. The summed E-state index contributed by atoms with van der Waals surface area (Å²) in [5.41, 5.74) is -1.15. The Kier molecular flexibility index (Phi) is 5.53. The van der Waals surface area contributed by atoms with E-state index in [1.54, 1.807) is 32.9 Å². The van der Waals surface area contributed by atoms with Crippen molar-refractivity contribution in [2.24, 2.45) is 5.41 Å². The van der Waals surface area contributed by atoms with Crippen molar-refractivity contribution in [2.75, 3.05) is 13.1 Å². The number of aliphatic carboxylic acids is 1. The molecule has 1 fully saturated rings. The van der Waals surface area contributed by atoms with Crippen LogP contribution in [0.25, 0.3) is 0 Å². The summed E-state index contributed by atoms with van der Waals surface area (Å²) >= 11 is 0. The number of hydrogen-bond acceptors (Lipinski definition) is 5. The van der Waals surface area contributed by atoms with E-state index in [1.807, 2.05) is 0 Å². The summed E-state index contributed by atoms with van der Waals surface area (Å²) < 4.78 is 5.36. The van der Waals surface area contributed by atoms with Crippen LogP contribution in [0.3, 0.4) is 0 Å². The quantitative estimate of drug-likeness (QED) is 0.649. The number of carboxylic acids is 1. The summed E-state index contributed by atoms with van der Waals surface area (Å²) in [4.78, 5) is 36.1. The maximum absolute atomic E-state index is 12.3. The lowest BCUT2D eigenvalue weighted by atomic mass is 9.75. The summed E-state index contributed by atoms with van der Waals surface area (Å²) in [6.07, 6.45) is 0.656. The molecule has 1 aliphatic rings. The van der Waals surface area contributed by atoms with Crippen molar-refractivity contribution in [3.8, 4) is 0 Å². The van der Waals surface area contributed by atoms with Crippen LogP contribution >= 0.6 is 0 Å². The van der Waals surface area contributed by atoms with Gasteiger partial charge in [0.2, 0.25) is 0 Å². The molecule has 1 amide bonds. The Balaban J connectivity index is 2.19. The van der Waals surface area contributed by atoms with E-state index in [4.69, 9.17) is 4.74 Å². The van der Waals surface area contributed by atoms with Gasteiger partial charge in [0.1, 0.15) is 5.60 Å². The minimum absolute atomic E-state index is 0.0443. The number of carbonyl (C=O) groups excluding carboxylic acids is 1. The van der Waals surface area contributed by atoms with Crippen LogP contribution < -0.4 is 0 Å². The number of nitrogens with zero attached hydrogens (tertiary/aromatic N) is 2. The fourth-order valence-corrected chi connectivity index (χ4v) is 3.13. The number of non-ortho nitro benzene ring substituents is 1. The first-order valence-corrected chi connectivity index (χ1v) is 8.47. The van der Waals surface area contributed by atoms with Gasteiger partial charge >= 0.3 is 12.1 Å². The molecule has 1 aliphatic heterocycles. The predicted octanol–water partition coefficient (Wildman–Crippen LogP) is 3.24. The zero-order valence-corrected chi connectivity index (χ0v) is 15.2. The number of nitro groups is 1. The molecule has 1 atom stereocenters. The summed E-state index contributed by atoms with van der Waals surface area (Å²) in [5, 5.41) is 20.6. The third-order valence-electron chi connectivity index (χ3n) is 4.37. The fraction of sp³-hybridized carbons (Fsp3) is 0.556. The van der Waals surface area contributed by atoms with E-state index in [1.165, 1.54) is 17.0 Å². The van der Waals surface area contributed by atoms with E-state index in [0.29, 0.717) is 24.9 Å². The first-order valence-electron chi connectivity index (χ1n) is 8.47. The van der Waals surface area contributed by atoms with Crippen molar-refractivity contribution in [2.45, 2.75) is 45.6 Å². The third-order valence-corrected chi connectivity index (χ3v) is 4.37. The van der Waals surface area contributed by atoms with E-state index < -0.39 is 28.0 Å². The molecule has 0 aliphatic carbocycles. The van der Waals surface area contributed by atoms with Crippen LogP contribution in [-0.4, -0.2) is 45.7 Å². The maximum atomic E-state index is 12.3. The molecule has 8 nitrogen and oxygen atoms in total. The van der Waals surface area contributed by atoms with Crippen molar-refractivity contribution in [3.05, 3.63) is 39.9 Å². The monoisotopic (exact) mass is 364 g/mol. The van der Waals surface area contributed by atoms with Crippen molar-refractivity contribution in [1.82, 2.24) is 4.90 Å². The second-order valence-corrected chi connectivity index (χ2v) is 7.69. The van der Waals surface area contributed by atoms with Crippen LogP contribution in [0.2, 0.25) is 0 Å². The van der Waals surface area contributed by atoms with Crippen LogP contribution in [0.4, 0.5) is 10.5 Å². The number of carbonyl (C=O) groups is 2. The van der Waals surface area contributed by atoms with Gasteiger partial charge < -0.3 is 14.7 Å². The fourth-order valence-electron chi connectivity index (χ4n) is 3.13. The van der Waals surface area contributed by atoms with Crippen molar-refractivity contribution in [1.29, 1.82) is 0 Å². The average Bonchev–Trinajstić information content (AvgIpc) is 2.54. The molecule has 1 heterocycles. The Hall–Kier alpha value is -2.64. The minimum Gasteiger partial charge on any atom is -0.481 e. The van der Waals surface area contributed by atoms with Gasteiger partial charge in [-0.3, -0.25) is 14.9 Å². The molecule has 1 saturated heterocycles. The summed E-state index contributed by atoms with van der Waals surface area (Å²) in [5.74, 6) is -0.982. The summed E-state index contributed by atoms with van der Waals surface area (Å²) in [6, 6.07) is 5.85. The number of nitro benzene ring substituents is 1. The molecule has 142 valence electrons. The third kappa shape index (κ3) is 4.71. The highest BCUT2D eigenvalue weighted by atomic mass is 16.6. The first-order chi connectivity index (χ1) is 12.0. The largest absolute Gasteiger partial charge is 0.481 e. The number of hydrogen-bond donors (Lipinski definition) is 1. The summed E-state index contributed by atoms with van der Waals surface area (Å²) in [7, 11) is 0. The SMILES string of the molecule is CC(C)(C)OC(=O)N1CCCC(Cc2ccc([N+](=O)[O-])cc2)(C(=O)O)C1. The normalized spacial score (nSPS) is 20.5. The molecule has 2 rings (SSSR count). The molecule has 1 unspecified atom stereocenters. The number of carboxylic acid groups (broad SMARTS) is 1. The van der Waals surface area contributed by atoms with Gasteiger partial charge in [0.25, 0.3) is 5.69 Å². The van der Waals surface area contributed by atoms with Gasteiger partial charge in [-0.05, 0) is 45.6 Å². The topological polar surface area (TPSA) is 110 Å². The van der Waals surface area contributed by atoms with E-state index in [-0.39, 0.29) is 18.7 Å². The highest BCUT2D eigenvalue weighted by Gasteiger charge is 2.44. The van der Waals surface area contributed by atoms with Gasteiger partial charge in [-0.25, -0.2) is 4.79 Å². The zero-order chi connectivity index (χ0) is 19.5. The number of ether oxygens (including phenoxy) is 1. The van der Waals surface area contributed by atoms with Gasteiger partial charge in [0.05, 0.1) is 10.3 Å². The van der Waals surface area contributed by atoms with Crippen molar-refractivity contribution < 1.29 is 24.4 Å². The van der Waals surface area contributed by atoms with E-state index >= 15 is 0 Å². The van der Waals surface area contributed by atoms with E-state index in [2.05, 4.69) is 0 Å². The minimum atomic E-state index is -1.13. The molecule has 8 heteroatoms. The van der Waals surface area contributed by atoms with E-state index in [0.717, 1.165) is 0 Å². The maximum Gasteiger partial charge on any atom is 0.410 e. The average molecular weight is 364 g/mol. The highest BCUT2D eigenvalue weighted by Crippen LogP contribution is 2.35. The van der Waals surface area contributed by atoms with Crippen LogP contribution in [-0.2, 0) is 16.0 Å². The lowest BCUT2D eigenvalue weighted by Crippen LogP contribution is -2.52. The van der Waals surface area contributed by atoms with E-state index in [9.17, 15) is 24.8 Å². The standard InChI is InChI=1S/C18H24N2O6/c1-17(2,3)26-16(23)19-10-4-9-18(12-19,15(21)22)11-13-5-7-14(8-6-13)20(24)25/h5-8H,4,9-12H2,1-3H3,(H,21,22). The molecular formula is C18H24N2O6. The van der Waals surface area contributed by atoms with Crippen LogP contribution in [0.5, 0.6) is 0 Å². The molecule has 0 aromatic heterocycles. The zero-order valence-electron chi connectivity index (χ0n) is 15.2. The van der Waals surface area contributed by atoms with Crippen LogP contribution in [0.1, 0.15) is 39.2 Å². The Bertz CT molecular complexity index is 695. The molecule has 0 bridgehead atoms. The number of benzene rings is 1. The second kappa shape index (κ2) is 7.31. The smallest absolute Gasteiger partial charge is 0.410 e. The van der Waals surface area contributed by atoms with Gasteiger partial charge in [-0.1, -0.05) is 12.1 Å². The Morgan fingerprint density at radius 1 is 1.31 bits per heavy atom. The number of likely N-dealkylation sites (tertiary alicyclic amines) is 1. The van der Waals surface area contributed by atoms with Crippen LogP contribution in [0.15, 0.2) is 24.3 Å². The molecule has 26 heavy (non-hydrogen) atoms. The molecule has 0 saturated carbocycles.